The van der Waals surface area contributed by atoms with Crippen molar-refractivity contribution in [2.24, 2.45) is 0 Å². The highest BCUT2D eigenvalue weighted by Crippen LogP contribution is 2.30. The smallest absolute Gasteiger partial charge is 0.124 e. The number of pyridine rings is 1. The number of nitrogen functional groups attached to an aromatic ring is 1. The van der Waals surface area contributed by atoms with Crippen molar-refractivity contribution < 1.29 is 0 Å². The zero-order valence-corrected chi connectivity index (χ0v) is 10.5. The minimum absolute atomic E-state index is 0.540. The molecule has 0 fully saturated rings. The predicted molar refractivity (Wildman–Crippen MR) is 79.5 cm³/mol. The summed E-state index contributed by atoms with van der Waals surface area (Å²) in [5.74, 6) is 0.540. The van der Waals surface area contributed by atoms with Crippen molar-refractivity contribution >= 4 is 5.82 Å². The largest absolute Gasteiger partial charge is 0.384 e. The third kappa shape index (κ3) is 2.33. The normalized spacial score (nSPS) is 10.3. The van der Waals surface area contributed by atoms with Gasteiger partial charge in [0.25, 0.3) is 0 Å². The van der Waals surface area contributed by atoms with Gasteiger partial charge in [-0.1, -0.05) is 60.7 Å². The minimum Gasteiger partial charge on any atom is -0.384 e. The lowest BCUT2D eigenvalue weighted by Crippen LogP contribution is -1.95. The molecule has 92 valence electrons. The van der Waals surface area contributed by atoms with Gasteiger partial charge in [0.2, 0.25) is 0 Å². The van der Waals surface area contributed by atoms with E-state index in [0.717, 1.165) is 22.4 Å². The first-order valence-corrected chi connectivity index (χ1v) is 6.22. The van der Waals surface area contributed by atoms with Crippen LogP contribution in [0.2, 0.25) is 0 Å². The predicted octanol–water partition coefficient (Wildman–Crippen LogP) is 4.00. The molecule has 0 aliphatic rings. The van der Waals surface area contributed by atoms with Gasteiger partial charge in [0.05, 0.1) is 5.69 Å². The summed E-state index contributed by atoms with van der Waals surface area (Å²) in [5.41, 5.74) is 10.1. The van der Waals surface area contributed by atoms with E-state index in [9.17, 15) is 0 Å². The van der Waals surface area contributed by atoms with Crippen LogP contribution in [-0.2, 0) is 0 Å². The summed E-state index contributed by atoms with van der Waals surface area (Å²) in [6.45, 7) is 0. The van der Waals surface area contributed by atoms with E-state index in [4.69, 9.17) is 5.73 Å². The summed E-state index contributed by atoms with van der Waals surface area (Å²) >= 11 is 0. The Morgan fingerprint density at radius 2 is 1.21 bits per heavy atom. The fourth-order valence-corrected chi connectivity index (χ4v) is 2.14. The molecular weight excluding hydrogens is 232 g/mol. The molecule has 2 heteroatoms. The van der Waals surface area contributed by atoms with Gasteiger partial charge in [0.1, 0.15) is 5.82 Å². The molecule has 0 atom stereocenters. The lowest BCUT2D eigenvalue weighted by molar-refractivity contribution is 1.33. The Kier molecular flexibility index (Phi) is 2.99. The van der Waals surface area contributed by atoms with Gasteiger partial charge in [-0.15, -0.1) is 0 Å². The van der Waals surface area contributed by atoms with E-state index in [1.807, 2.05) is 60.7 Å². The molecule has 1 aromatic heterocycles. The van der Waals surface area contributed by atoms with Crippen molar-refractivity contribution in [1.82, 2.24) is 4.98 Å². The molecule has 0 bridgehead atoms. The van der Waals surface area contributed by atoms with Crippen LogP contribution in [0.4, 0.5) is 5.82 Å². The lowest BCUT2D eigenvalue weighted by atomic mass is 9.99. The summed E-state index contributed by atoms with van der Waals surface area (Å²) in [7, 11) is 0. The lowest BCUT2D eigenvalue weighted by Gasteiger charge is -2.10. The van der Waals surface area contributed by atoms with Gasteiger partial charge in [0, 0.05) is 11.1 Å². The Morgan fingerprint density at radius 3 is 1.84 bits per heavy atom. The zero-order valence-electron chi connectivity index (χ0n) is 10.5. The maximum Gasteiger partial charge on any atom is 0.124 e. The summed E-state index contributed by atoms with van der Waals surface area (Å²) in [6.07, 6.45) is 0. The highest BCUT2D eigenvalue weighted by Gasteiger charge is 2.08. The second-order valence-corrected chi connectivity index (χ2v) is 4.36. The number of hydrogen-bond acceptors (Lipinski definition) is 2. The molecule has 0 radical (unpaired) electrons. The Balaban J connectivity index is 2.21. The molecule has 19 heavy (non-hydrogen) atoms. The van der Waals surface area contributed by atoms with Gasteiger partial charge in [-0.05, 0) is 17.7 Å². The summed E-state index contributed by atoms with van der Waals surface area (Å²) in [5, 5.41) is 0. The van der Waals surface area contributed by atoms with Crippen LogP contribution in [0.3, 0.4) is 0 Å². The van der Waals surface area contributed by atoms with E-state index >= 15 is 0 Å². The quantitative estimate of drug-likeness (QED) is 0.742. The standard InChI is InChI=1S/C17H14N2/c18-16-12-11-15(13-7-3-1-4-8-13)17(19-16)14-9-5-2-6-10-14/h1-12H,(H2,18,19). The Morgan fingerprint density at radius 1 is 0.632 bits per heavy atom. The molecule has 0 saturated heterocycles. The second kappa shape index (κ2) is 4.94. The van der Waals surface area contributed by atoms with Gasteiger partial charge < -0.3 is 5.73 Å². The first kappa shape index (κ1) is 11.5. The first-order chi connectivity index (χ1) is 9.34. The number of nitrogens with zero attached hydrogens (tertiary/aromatic N) is 1. The van der Waals surface area contributed by atoms with Crippen molar-refractivity contribution in [1.29, 1.82) is 0 Å². The molecule has 0 saturated carbocycles. The van der Waals surface area contributed by atoms with Gasteiger partial charge in [-0.2, -0.15) is 0 Å². The number of aromatic nitrogens is 1. The van der Waals surface area contributed by atoms with Crippen LogP contribution in [0.5, 0.6) is 0 Å². The van der Waals surface area contributed by atoms with E-state index in [-0.39, 0.29) is 0 Å². The molecule has 0 unspecified atom stereocenters. The topological polar surface area (TPSA) is 38.9 Å². The molecule has 0 amide bonds. The van der Waals surface area contributed by atoms with E-state index in [1.165, 1.54) is 0 Å². The monoisotopic (exact) mass is 246 g/mol. The van der Waals surface area contributed by atoms with Crippen molar-refractivity contribution in [3.8, 4) is 22.4 Å². The van der Waals surface area contributed by atoms with Crippen LogP contribution in [0.25, 0.3) is 22.4 Å². The highest BCUT2D eigenvalue weighted by molar-refractivity contribution is 5.81. The SMILES string of the molecule is Nc1ccc(-c2ccccc2)c(-c2ccccc2)n1. The third-order valence-corrected chi connectivity index (χ3v) is 3.05. The number of anilines is 1. The van der Waals surface area contributed by atoms with Crippen molar-refractivity contribution in [2.75, 3.05) is 5.73 Å². The number of nitrogens with two attached hydrogens (primary N) is 1. The van der Waals surface area contributed by atoms with Gasteiger partial charge in [-0.25, -0.2) is 4.98 Å². The van der Waals surface area contributed by atoms with Crippen LogP contribution in [-0.4, -0.2) is 4.98 Å². The first-order valence-electron chi connectivity index (χ1n) is 6.22. The average molecular weight is 246 g/mol. The Hall–Kier alpha value is -2.61. The Labute approximate surface area is 112 Å². The van der Waals surface area contributed by atoms with Crippen LogP contribution in [0.15, 0.2) is 72.8 Å². The molecule has 2 nitrogen and oxygen atoms in total. The number of benzene rings is 2. The van der Waals surface area contributed by atoms with Crippen LogP contribution in [0.1, 0.15) is 0 Å². The molecule has 0 aliphatic carbocycles. The molecule has 3 aromatic rings. The number of rotatable bonds is 2. The summed E-state index contributed by atoms with van der Waals surface area (Å²) in [6, 6.07) is 24.2. The van der Waals surface area contributed by atoms with Gasteiger partial charge >= 0.3 is 0 Å². The molecule has 0 spiro atoms. The minimum atomic E-state index is 0.540. The number of hydrogen-bond donors (Lipinski definition) is 1. The van der Waals surface area contributed by atoms with E-state index < -0.39 is 0 Å². The zero-order chi connectivity index (χ0) is 13.1. The summed E-state index contributed by atoms with van der Waals surface area (Å²) < 4.78 is 0. The molecule has 0 aliphatic heterocycles. The maximum atomic E-state index is 5.83. The fourth-order valence-electron chi connectivity index (χ4n) is 2.14. The molecule has 2 N–H and O–H groups in total. The fraction of sp³-hybridized carbons (Fsp3) is 0. The van der Waals surface area contributed by atoms with Gasteiger partial charge in [-0.3, -0.25) is 0 Å². The van der Waals surface area contributed by atoms with E-state index in [1.54, 1.807) is 0 Å². The summed E-state index contributed by atoms with van der Waals surface area (Å²) in [4.78, 5) is 4.50. The Bertz CT molecular complexity index is 676. The maximum absolute atomic E-state index is 5.83. The van der Waals surface area contributed by atoms with Crippen LogP contribution < -0.4 is 5.73 Å². The molecular formula is C17H14N2. The van der Waals surface area contributed by atoms with Crippen molar-refractivity contribution in [2.45, 2.75) is 0 Å². The highest BCUT2D eigenvalue weighted by atomic mass is 14.8. The second-order valence-electron chi connectivity index (χ2n) is 4.36. The van der Waals surface area contributed by atoms with Crippen LogP contribution >= 0.6 is 0 Å². The van der Waals surface area contributed by atoms with E-state index in [0.29, 0.717) is 5.82 Å². The van der Waals surface area contributed by atoms with Crippen LogP contribution in [0, 0.1) is 0 Å². The third-order valence-electron chi connectivity index (χ3n) is 3.05. The molecule has 3 rings (SSSR count). The average Bonchev–Trinajstić information content (AvgIpc) is 2.49. The van der Waals surface area contributed by atoms with Gasteiger partial charge in [0.15, 0.2) is 0 Å². The van der Waals surface area contributed by atoms with Crippen molar-refractivity contribution in [3.05, 3.63) is 72.8 Å². The molecule has 1 heterocycles. The van der Waals surface area contributed by atoms with Crippen molar-refractivity contribution in [3.63, 3.8) is 0 Å². The van der Waals surface area contributed by atoms with E-state index in [2.05, 4.69) is 17.1 Å². The molecule has 2 aromatic carbocycles.